The molecule has 152 valence electrons. The summed E-state index contributed by atoms with van der Waals surface area (Å²) in [6.45, 7) is 2.37. The molecule has 0 radical (unpaired) electrons. The Bertz CT molecular complexity index is 853. The van der Waals surface area contributed by atoms with Crippen LogP contribution in [0.25, 0.3) is 0 Å². The molecular formula is C19H22INO6S. The average molecular weight is 519 g/mol. The van der Waals surface area contributed by atoms with Gasteiger partial charge < -0.3 is 14.2 Å². The van der Waals surface area contributed by atoms with Crippen molar-refractivity contribution in [2.75, 3.05) is 29.0 Å². The summed E-state index contributed by atoms with van der Waals surface area (Å²) in [6, 6.07) is 12.5. The molecule has 0 aliphatic carbocycles. The standard InChI is InChI=1S/C19H22INO6S/c1-2-25-19(22)14-27-17-8-10-18(11-9-17)28(23,24)21-15-4-6-16(7-5-15)26-13-3-12-20/h4-11,21H,2-3,12-14H2,1H3. The molecule has 0 atom stereocenters. The number of hydrogen-bond donors (Lipinski definition) is 1. The predicted octanol–water partition coefficient (Wildman–Crippen LogP) is 3.63. The number of sulfonamides is 1. The molecule has 1 N–H and O–H groups in total. The fraction of sp³-hybridized carbons (Fsp3) is 0.316. The van der Waals surface area contributed by atoms with E-state index in [1.54, 1.807) is 31.2 Å². The Morgan fingerprint density at radius 1 is 1.00 bits per heavy atom. The van der Waals surface area contributed by atoms with Crippen molar-refractivity contribution in [3.05, 3.63) is 48.5 Å². The van der Waals surface area contributed by atoms with Gasteiger partial charge in [-0.05, 0) is 61.9 Å². The molecular weight excluding hydrogens is 497 g/mol. The van der Waals surface area contributed by atoms with Crippen LogP contribution in [0.5, 0.6) is 11.5 Å². The van der Waals surface area contributed by atoms with Crippen molar-refractivity contribution in [1.29, 1.82) is 0 Å². The molecule has 2 rings (SSSR count). The van der Waals surface area contributed by atoms with Gasteiger partial charge in [-0.25, -0.2) is 13.2 Å². The lowest BCUT2D eigenvalue weighted by Crippen LogP contribution is -2.15. The second-order valence-corrected chi connectivity index (χ2v) is 8.35. The summed E-state index contributed by atoms with van der Waals surface area (Å²) >= 11 is 2.28. The van der Waals surface area contributed by atoms with Gasteiger partial charge in [-0.1, -0.05) is 22.6 Å². The van der Waals surface area contributed by atoms with Crippen molar-refractivity contribution >= 4 is 44.3 Å². The number of ether oxygens (including phenoxy) is 3. The molecule has 0 aliphatic heterocycles. The Balaban J connectivity index is 1.95. The molecule has 0 fully saturated rings. The van der Waals surface area contributed by atoms with Crippen LogP contribution in [0.15, 0.2) is 53.4 Å². The van der Waals surface area contributed by atoms with Crippen LogP contribution in [0.3, 0.4) is 0 Å². The number of alkyl halides is 1. The van der Waals surface area contributed by atoms with E-state index in [0.717, 1.165) is 10.8 Å². The summed E-state index contributed by atoms with van der Waals surface area (Å²) in [5.74, 6) is 0.582. The summed E-state index contributed by atoms with van der Waals surface area (Å²) < 4.78 is 44.1. The van der Waals surface area contributed by atoms with Gasteiger partial charge in [0.1, 0.15) is 11.5 Å². The lowest BCUT2D eigenvalue weighted by atomic mass is 10.3. The first kappa shape index (κ1) is 22.3. The van der Waals surface area contributed by atoms with Gasteiger partial charge in [-0.15, -0.1) is 0 Å². The number of anilines is 1. The zero-order chi connectivity index (χ0) is 20.4. The molecule has 0 amide bonds. The predicted molar refractivity (Wildman–Crippen MR) is 115 cm³/mol. The SMILES string of the molecule is CCOC(=O)COc1ccc(S(=O)(=O)Nc2ccc(OCCCI)cc2)cc1. The van der Waals surface area contributed by atoms with Crippen LogP contribution in [0.2, 0.25) is 0 Å². The highest BCUT2D eigenvalue weighted by Gasteiger charge is 2.14. The Morgan fingerprint density at radius 2 is 1.61 bits per heavy atom. The van der Waals surface area contributed by atoms with Gasteiger partial charge in [0.15, 0.2) is 6.61 Å². The molecule has 0 unspecified atom stereocenters. The van der Waals surface area contributed by atoms with Gasteiger partial charge >= 0.3 is 5.97 Å². The highest BCUT2D eigenvalue weighted by molar-refractivity contribution is 14.1. The van der Waals surface area contributed by atoms with Crippen LogP contribution in [0.4, 0.5) is 5.69 Å². The van der Waals surface area contributed by atoms with Crippen molar-refractivity contribution in [2.45, 2.75) is 18.2 Å². The minimum atomic E-state index is -3.74. The molecule has 9 heteroatoms. The molecule has 0 saturated heterocycles. The Labute approximate surface area is 178 Å². The maximum absolute atomic E-state index is 12.5. The fourth-order valence-electron chi connectivity index (χ4n) is 2.14. The first-order valence-corrected chi connectivity index (χ1v) is 11.7. The number of benzene rings is 2. The fourth-order valence-corrected chi connectivity index (χ4v) is 3.51. The number of rotatable bonds is 11. The largest absolute Gasteiger partial charge is 0.494 e. The lowest BCUT2D eigenvalue weighted by molar-refractivity contribution is -0.145. The molecule has 0 saturated carbocycles. The minimum Gasteiger partial charge on any atom is -0.494 e. The summed E-state index contributed by atoms with van der Waals surface area (Å²) in [5, 5.41) is 0. The normalized spacial score (nSPS) is 10.9. The van der Waals surface area contributed by atoms with Gasteiger partial charge in [-0.2, -0.15) is 0 Å². The molecule has 7 nitrogen and oxygen atoms in total. The van der Waals surface area contributed by atoms with Gasteiger partial charge in [-0.3, -0.25) is 4.72 Å². The molecule has 0 aliphatic rings. The number of carbonyl (C=O) groups is 1. The van der Waals surface area contributed by atoms with Crippen LogP contribution >= 0.6 is 22.6 Å². The van der Waals surface area contributed by atoms with E-state index in [1.807, 2.05) is 0 Å². The van der Waals surface area contributed by atoms with Crippen LogP contribution in [-0.4, -0.2) is 38.6 Å². The lowest BCUT2D eigenvalue weighted by Gasteiger charge is -2.10. The first-order chi connectivity index (χ1) is 13.4. The zero-order valence-electron chi connectivity index (χ0n) is 15.4. The molecule has 0 spiro atoms. The Morgan fingerprint density at radius 3 is 2.21 bits per heavy atom. The maximum Gasteiger partial charge on any atom is 0.344 e. The van der Waals surface area contributed by atoms with E-state index < -0.39 is 16.0 Å². The average Bonchev–Trinajstić information content (AvgIpc) is 2.68. The molecule has 0 heterocycles. The molecule has 2 aromatic rings. The second kappa shape index (κ2) is 11.1. The summed E-state index contributed by atoms with van der Waals surface area (Å²) in [7, 11) is -3.74. The van der Waals surface area contributed by atoms with Gasteiger partial charge in [0.25, 0.3) is 10.0 Å². The summed E-state index contributed by atoms with van der Waals surface area (Å²) in [5.41, 5.74) is 0.434. The third-order valence-corrected chi connectivity index (χ3v) is 5.61. The van der Waals surface area contributed by atoms with Crippen molar-refractivity contribution < 1.29 is 27.4 Å². The van der Waals surface area contributed by atoms with E-state index >= 15 is 0 Å². The van der Waals surface area contributed by atoms with Crippen molar-refractivity contribution in [2.24, 2.45) is 0 Å². The van der Waals surface area contributed by atoms with E-state index in [9.17, 15) is 13.2 Å². The van der Waals surface area contributed by atoms with E-state index in [4.69, 9.17) is 14.2 Å². The van der Waals surface area contributed by atoms with E-state index in [2.05, 4.69) is 27.3 Å². The van der Waals surface area contributed by atoms with Crippen molar-refractivity contribution in [3.8, 4) is 11.5 Å². The first-order valence-electron chi connectivity index (χ1n) is 8.64. The molecule has 0 aromatic heterocycles. The monoisotopic (exact) mass is 519 g/mol. The Hall–Kier alpha value is -2.01. The van der Waals surface area contributed by atoms with Crippen molar-refractivity contribution in [3.63, 3.8) is 0 Å². The summed E-state index contributed by atoms with van der Waals surface area (Å²) in [4.78, 5) is 11.4. The van der Waals surface area contributed by atoms with Crippen LogP contribution in [-0.2, 0) is 19.6 Å². The quantitative estimate of drug-likeness (QED) is 0.211. The highest BCUT2D eigenvalue weighted by Crippen LogP contribution is 2.21. The van der Waals surface area contributed by atoms with E-state index in [-0.39, 0.29) is 18.1 Å². The number of carbonyl (C=O) groups excluding carboxylic acids is 1. The zero-order valence-corrected chi connectivity index (χ0v) is 18.4. The third-order valence-electron chi connectivity index (χ3n) is 3.45. The third kappa shape index (κ3) is 7.19. The van der Waals surface area contributed by atoms with Crippen LogP contribution in [0.1, 0.15) is 13.3 Å². The topological polar surface area (TPSA) is 90.9 Å². The van der Waals surface area contributed by atoms with E-state index in [1.165, 1.54) is 24.3 Å². The van der Waals surface area contributed by atoms with Crippen LogP contribution in [0, 0.1) is 0 Å². The van der Waals surface area contributed by atoms with Gasteiger partial charge in [0.2, 0.25) is 0 Å². The summed E-state index contributed by atoms with van der Waals surface area (Å²) in [6.07, 6.45) is 0.953. The number of halogens is 1. The molecule has 2 aromatic carbocycles. The number of esters is 1. The molecule has 28 heavy (non-hydrogen) atoms. The second-order valence-electron chi connectivity index (χ2n) is 5.59. The molecule has 0 bridgehead atoms. The van der Waals surface area contributed by atoms with E-state index in [0.29, 0.717) is 23.8 Å². The number of hydrogen-bond acceptors (Lipinski definition) is 6. The van der Waals surface area contributed by atoms with Gasteiger partial charge in [0, 0.05) is 10.1 Å². The van der Waals surface area contributed by atoms with Crippen LogP contribution < -0.4 is 14.2 Å². The highest BCUT2D eigenvalue weighted by atomic mass is 127. The Kier molecular flexibility index (Phi) is 8.84. The van der Waals surface area contributed by atoms with Gasteiger partial charge in [0.05, 0.1) is 18.1 Å². The minimum absolute atomic E-state index is 0.0818. The van der Waals surface area contributed by atoms with Crippen molar-refractivity contribution in [1.82, 2.24) is 0 Å². The smallest absolute Gasteiger partial charge is 0.344 e. The number of nitrogens with one attached hydrogen (secondary N) is 1. The maximum atomic E-state index is 12.5.